The summed E-state index contributed by atoms with van der Waals surface area (Å²) in [5.74, 6) is -0.400. The maximum absolute atomic E-state index is 11.6. The molecule has 4 rings (SSSR count). The van der Waals surface area contributed by atoms with Crippen LogP contribution in [0.25, 0.3) is 0 Å². The number of carboxylic acids is 1. The van der Waals surface area contributed by atoms with Gasteiger partial charge < -0.3 is 15.2 Å². The third kappa shape index (κ3) is 2.71. The van der Waals surface area contributed by atoms with Gasteiger partial charge in [-0.3, -0.25) is 10.1 Å². The SMILES string of the molecule is COc1ccc([N+](=O)[O-])c2c1N[C@H](c1ccc(C(=O)O)cc1)[C@@H]1CC=C[C@@H]21. The highest BCUT2D eigenvalue weighted by atomic mass is 16.6. The average molecular weight is 366 g/mol. The molecule has 0 spiro atoms. The minimum Gasteiger partial charge on any atom is -0.495 e. The Morgan fingerprint density at radius 3 is 2.63 bits per heavy atom. The first-order valence-corrected chi connectivity index (χ1v) is 8.63. The predicted octanol–water partition coefficient (Wildman–Crippen LogP) is 4.13. The highest BCUT2D eigenvalue weighted by molar-refractivity contribution is 5.87. The number of rotatable bonds is 4. The van der Waals surface area contributed by atoms with E-state index in [4.69, 9.17) is 9.84 Å². The van der Waals surface area contributed by atoms with Crippen molar-refractivity contribution >= 4 is 17.3 Å². The zero-order valence-electron chi connectivity index (χ0n) is 14.6. The van der Waals surface area contributed by atoms with Crippen LogP contribution >= 0.6 is 0 Å². The Labute approximate surface area is 155 Å². The Bertz CT molecular complexity index is 952. The molecule has 1 aliphatic carbocycles. The molecule has 138 valence electrons. The van der Waals surface area contributed by atoms with Crippen molar-refractivity contribution in [1.82, 2.24) is 0 Å². The molecular formula is C20H18N2O5. The van der Waals surface area contributed by atoms with E-state index in [1.54, 1.807) is 30.3 Å². The summed E-state index contributed by atoms with van der Waals surface area (Å²) in [7, 11) is 1.54. The monoisotopic (exact) mass is 366 g/mol. The second-order valence-electron chi connectivity index (χ2n) is 6.74. The van der Waals surface area contributed by atoms with Gasteiger partial charge in [0.15, 0.2) is 0 Å². The maximum Gasteiger partial charge on any atom is 0.335 e. The standard InChI is InChI=1S/C20H18N2O5/c1-27-16-10-9-15(22(25)26)17-13-3-2-4-14(13)18(21-19(16)17)11-5-7-12(8-6-11)20(23)24/h2-3,5-10,13-14,18,21H,4H2,1H3,(H,23,24)/t13-,14-,18-/m1/s1. The number of nitro groups is 1. The number of ether oxygens (including phenoxy) is 1. The fraction of sp³-hybridized carbons (Fsp3) is 0.250. The Kier molecular flexibility index (Phi) is 4.07. The van der Waals surface area contributed by atoms with Crippen LogP contribution in [0.3, 0.4) is 0 Å². The number of aromatic carboxylic acids is 1. The highest BCUT2D eigenvalue weighted by Crippen LogP contribution is 2.54. The van der Waals surface area contributed by atoms with Crippen LogP contribution < -0.4 is 10.1 Å². The van der Waals surface area contributed by atoms with Crippen LogP contribution in [0.4, 0.5) is 11.4 Å². The lowest BCUT2D eigenvalue weighted by Crippen LogP contribution is -2.30. The molecule has 0 saturated heterocycles. The molecule has 1 aliphatic heterocycles. The molecule has 0 saturated carbocycles. The Balaban J connectivity index is 1.83. The molecule has 27 heavy (non-hydrogen) atoms. The summed E-state index contributed by atoms with van der Waals surface area (Å²) in [5, 5.41) is 24.1. The number of carboxylic acid groups (broad SMARTS) is 1. The third-order valence-electron chi connectivity index (χ3n) is 5.39. The number of nitrogens with zero attached hydrogens (tertiary/aromatic N) is 1. The number of methoxy groups -OCH3 is 1. The zero-order valence-corrected chi connectivity index (χ0v) is 14.6. The molecule has 0 unspecified atom stereocenters. The summed E-state index contributed by atoms with van der Waals surface area (Å²) in [6, 6.07) is 9.75. The quantitative estimate of drug-likeness (QED) is 0.479. The van der Waals surface area contributed by atoms with Crippen LogP contribution in [0.15, 0.2) is 48.6 Å². The highest BCUT2D eigenvalue weighted by Gasteiger charge is 2.42. The average Bonchev–Trinajstić information content (AvgIpc) is 3.16. The van der Waals surface area contributed by atoms with Gasteiger partial charge in [-0.25, -0.2) is 4.79 Å². The Morgan fingerprint density at radius 1 is 1.26 bits per heavy atom. The lowest BCUT2D eigenvalue weighted by molar-refractivity contribution is -0.385. The van der Waals surface area contributed by atoms with E-state index >= 15 is 0 Å². The van der Waals surface area contributed by atoms with Crippen LogP contribution in [0.1, 0.15) is 39.9 Å². The van der Waals surface area contributed by atoms with Gasteiger partial charge in [0, 0.05) is 12.0 Å². The summed E-state index contributed by atoms with van der Waals surface area (Å²) in [6.45, 7) is 0. The van der Waals surface area contributed by atoms with Gasteiger partial charge in [-0.1, -0.05) is 24.3 Å². The molecule has 7 nitrogen and oxygen atoms in total. The molecule has 0 amide bonds. The van der Waals surface area contributed by atoms with E-state index < -0.39 is 5.97 Å². The lowest BCUT2D eigenvalue weighted by Gasteiger charge is -2.37. The molecule has 0 aromatic heterocycles. The number of allylic oxidation sites excluding steroid dienone is 2. The van der Waals surface area contributed by atoms with Crippen LogP contribution in [-0.2, 0) is 0 Å². The number of nitro benzene ring substituents is 1. The van der Waals surface area contributed by atoms with E-state index in [9.17, 15) is 14.9 Å². The van der Waals surface area contributed by atoms with Gasteiger partial charge in [-0.2, -0.15) is 0 Å². The maximum atomic E-state index is 11.6. The fourth-order valence-corrected chi connectivity index (χ4v) is 4.16. The minimum atomic E-state index is -0.971. The van der Waals surface area contributed by atoms with Gasteiger partial charge >= 0.3 is 5.97 Å². The first kappa shape index (κ1) is 17.1. The molecule has 1 heterocycles. The molecule has 2 aliphatic rings. The van der Waals surface area contributed by atoms with Crippen molar-refractivity contribution in [1.29, 1.82) is 0 Å². The van der Waals surface area contributed by atoms with E-state index in [1.165, 1.54) is 13.2 Å². The second kappa shape index (κ2) is 6.42. The van der Waals surface area contributed by atoms with Gasteiger partial charge in [0.25, 0.3) is 5.69 Å². The van der Waals surface area contributed by atoms with E-state index in [-0.39, 0.29) is 34.1 Å². The summed E-state index contributed by atoms with van der Waals surface area (Å²) in [5.41, 5.74) is 2.53. The molecule has 0 fully saturated rings. The van der Waals surface area contributed by atoms with Gasteiger partial charge in [-0.15, -0.1) is 0 Å². The number of hydrogen-bond donors (Lipinski definition) is 2. The molecule has 2 aromatic carbocycles. The molecule has 2 N–H and O–H groups in total. The van der Waals surface area contributed by atoms with Crippen molar-refractivity contribution < 1.29 is 19.6 Å². The van der Waals surface area contributed by atoms with Gasteiger partial charge in [0.05, 0.1) is 34.9 Å². The number of anilines is 1. The summed E-state index contributed by atoms with van der Waals surface area (Å²) in [6.07, 6.45) is 4.86. The van der Waals surface area contributed by atoms with Crippen molar-refractivity contribution in [2.75, 3.05) is 12.4 Å². The summed E-state index contributed by atoms with van der Waals surface area (Å²) < 4.78 is 5.44. The van der Waals surface area contributed by atoms with Crippen molar-refractivity contribution in [2.24, 2.45) is 5.92 Å². The minimum absolute atomic E-state index is 0.0829. The normalized spacial score (nSPS) is 22.5. The number of benzene rings is 2. The smallest absolute Gasteiger partial charge is 0.335 e. The number of fused-ring (bicyclic) bond motifs is 3. The van der Waals surface area contributed by atoms with E-state index in [0.717, 1.165) is 12.0 Å². The zero-order chi connectivity index (χ0) is 19.1. The number of nitrogens with one attached hydrogen (secondary N) is 1. The predicted molar refractivity (Wildman–Crippen MR) is 99.4 cm³/mol. The van der Waals surface area contributed by atoms with Gasteiger partial charge in [0.2, 0.25) is 0 Å². The van der Waals surface area contributed by atoms with Crippen LogP contribution in [0.2, 0.25) is 0 Å². The van der Waals surface area contributed by atoms with Gasteiger partial charge in [0.1, 0.15) is 5.75 Å². The number of carbonyl (C=O) groups is 1. The van der Waals surface area contributed by atoms with Crippen LogP contribution in [0, 0.1) is 16.0 Å². The Morgan fingerprint density at radius 2 is 2.00 bits per heavy atom. The molecule has 3 atom stereocenters. The van der Waals surface area contributed by atoms with Crippen molar-refractivity contribution in [3.8, 4) is 5.75 Å². The fourth-order valence-electron chi connectivity index (χ4n) is 4.16. The van der Waals surface area contributed by atoms with E-state index in [0.29, 0.717) is 17.0 Å². The third-order valence-corrected chi connectivity index (χ3v) is 5.39. The largest absolute Gasteiger partial charge is 0.495 e. The lowest BCUT2D eigenvalue weighted by atomic mass is 9.76. The van der Waals surface area contributed by atoms with Crippen molar-refractivity contribution in [2.45, 2.75) is 18.4 Å². The molecule has 7 heteroatoms. The second-order valence-corrected chi connectivity index (χ2v) is 6.74. The molecule has 0 bridgehead atoms. The number of hydrogen-bond acceptors (Lipinski definition) is 5. The van der Waals surface area contributed by atoms with Crippen LogP contribution in [0.5, 0.6) is 5.75 Å². The topological polar surface area (TPSA) is 102 Å². The van der Waals surface area contributed by atoms with E-state index in [1.807, 2.05) is 12.2 Å². The summed E-state index contributed by atoms with van der Waals surface area (Å²) >= 11 is 0. The van der Waals surface area contributed by atoms with E-state index in [2.05, 4.69) is 5.32 Å². The van der Waals surface area contributed by atoms with Crippen molar-refractivity contribution in [3.05, 3.63) is 75.4 Å². The first-order valence-electron chi connectivity index (χ1n) is 8.63. The Hall–Kier alpha value is -3.35. The molecule has 2 aromatic rings. The molecular weight excluding hydrogens is 348 g/mol. The summed E-state index contributed by atoms with van der Waals surface area (Å²) in [4.78, 5) is 22.3. The van der Waals surface area contributed by atoms with Gasteiger partial charge in [-0.05, 0) is 36.1 Å². The van der Waals surface area contributed by atoms with Crippen LogP contribution in [-0.4, -0.2) is 23.1 Å². The first-order chi connectivity index (χ1) is 13.0. The molecule has 0 radical (unpaired) electrons. The van der Waals surface area contributed by atoms with Crippen molar-refractivity contribution in [3.63, 3.8) is 0 Å².